The van der Waals surface area contributed by atoms with Gasteiger partial charge in [0.25, 0.3) is 0 Å². The minimum atomic E-state index is 0.121. The smallest absolute Gasteiger partial charge is 0.222 e. The summed E-state index contributed by atoms with van der Waals surface area (Å²) in [6, 6.07) is 15.7. The minimum Gasteiger partial charge on any atom is -0.504 e. The van der Waals surface area contributed by atoms with Crippen LogP contribution in [0, 0.1) is 6.92 Å². The Morgan fingerprint density at radius 2 is 1.81 bits per heavy atom. The maximum Gasteiger partial charge on any atom is 0.222 e. The highest BCUT2D eigenvalue weighted by Crippen LogP contribution is 2.27. The molecule has 0 saturated heterocycles. The Hall–Kier alpha value is -3.80. The maximum absolute atomic E-state index is 9.82. The van der Waals surface area contributed by atoms with E-state index in [0.29, 0.717) is 5.75 Å². The lowest BCUT2D eigenvalue weighted by Gasteiger charge is -2.14. The highest BCUT2D eigenvalue weighted by molar-refractivity contribution is 5.86. The van der Waals surface area contributed by atoms with Gasteiger partial charge in [-0.05, 0) is 48.4 Å². The number of methoxy groups -OCH3 is 1. The van der Waals surface area contributed by atoms with Crippen molar-refractivity contribution in [3.05, 3.63) is 76.6 Å². The first-order valence-electron chi connectivity index (χ1n) is 10.2. The summed E-state index contributed by atoms with van der Waals surface area (Å²) in [5, 5.41) is 14.6. The third-order valence-electron chi connectivity index (χ3n) is 5.11. The van der Waals surface area contributed by atoms with E-state index < -0.39 is 0 Å². The Balaban J connectivity index is 1.67. The molecule has 2 aromatic carbocycles. The van der Waals surface area contributed by atoms with Crippen LogP contribution in [0.3, 0.4) is 0 Å². The lowest BCUT2D eigenvalue weighted by Crippen LogP contribution is -2.30. The quantitative estimate of drug-likeness (QED) is 0.672. The van der Waals surface area contributed by atoms with Gasteiger partial charge in [-0.1, -0.05) is 48.0 Å². The predicted octanol–water partition coefficient (Wildman–Crippen LogP) is 4.40. The number of aliphatic imine (C=N–C) groups is 1. The summed E-state index contributed by atoms with van der Waals surface area (Å²) < 4.78 is 7.08. The summed E-state index contributed by atoms with van der Waals surface area (Å²) in [7, 11) is 3.56. The normalized spacial score (nSPS) is 14.0. The molecule has 0 unspecified atom stereocenters. The van der Waals surface area contributed by atoms with Crippen LogP contribution >= 0.6 is 0 Å². The second-order valence-corrected chi connectivity index (χ2v) is 7.52. The zero-order valence-electron chi connectivity index (χ0n) is 18.0. The minimum absolute atomic E-state index is 0.121. The van der Waals surface area contributed by atoms with Gasteiger partial charge in [0.15, 0.2) is 11.5 Å². The molecule has 4 rings (SSSR count). The summed E-state index contributed by atoms with van der Waals surface area (Å²) in [5.41, 5.74) is 5.05. The number of nitrogens with zero attached hydrogens (tertiary/aromatic N) is 4. The molecule has 6 heteroatoms. The van der Waals surface area contributed by atoms with Crippen molar-refractivity contribution in [3.63, 3.8) is 0 Å². The van der Waals surface area contributed by atoms with E-state index in [1.54, 1.807) is 19.2 Å². The Kier molecular flexibility index (Phi) is 5.89. The van der Waals surface area contributed by atoms with Gasteiger partial charge in [0.1, 0.15) is 0 Å². The van der Waals surface area contributed by atoms with Crippen molar-refractivity contribution >= 4 is 30.3 Å². The molecule has 0 saturated carbocycles. The molecule has 2 heterocycles. The van der Waals surface area contributed by atoms with Crippen LogP contribution in [0.5, 0.6) is 11.5 Å². The second kappa shape index (κ2) is 8.92. The van der Waals surface area contributed by atoms with Crippen LogP contribution in [0.4, 0.5) is 0 Å². The van der Waals surface area contributed by atoms with Gasteiger partial charge < -0.3 is 14.7 Å². The van der Waals surface area contributed by atoms with Crippen molar-refractivity contribution in [2.45, 2.75) is 6.92 Å². The SMILES string of the molecule is COc1cc(/C=C/c2cc(/C=C/c3cccc(C)c3)nn2C2=NCCN2C)ccc1O. The molecule has 0 fully saturated rings. The molecular weight excluding hydrogens is 388 g/mol. The highest BCUT2D eigenvalue weighted by atomic mass is 16.5. The largest absolute Gasteiger partial charge is 0.504 e. The molecule has 6 nitrogen and oxygen atoms in total. The van der Waals surface area contributed by atoms with Crippen LogP contribution in [0.1, 0.15) is 28.1 Å². The van der Waals surface area contributed by atoms with Gasteiger partial charge in [0, 0.05) is 13.6 Å². The summed E-state index contributed by atoms with van der Waals surface area (Å²) in [5.74, 6) is 1.39. The van der Waals surface area contributed by atoms with Crippen molar-refractivity contribution < 1.29 is 9.84 Å². The van der Waals surface area contributed by atoms with Crippen molar-refractivity contribution in [1.29, 1.82) is 0 Å². The predicted molar refractivity (Wildman–Crippen MR) is 126 cm³/mol. The van der Waals surface area contributed by atoms with Crippen molar-refractivity contribution in [2.75, 3.05) is 27.2 Å². The number of ether oxygens (including phenoxy) is 1. The fraction of sp³-hybridized carbons (Fsp3) is 0.200. The summed E-state index contributed by atoms with van der Waals surface area (Å²) in [4.78, 5) is 6.72. The van der Waals surface area contributed by atoms with Crippen molar-refractivity contribution in [2.24, 2.45) is 4.99 Å². The van der Waals surface area contributed by atoms with Gasteiger partial charge in [-0.3, -0.25) is 0 Å². The van der Waals surface area contributed by atoms with Crippen LogP contribution in [-0.4, -0.2) is 53.0 Å². The Bertz CT molecular complexity index is 1170. The zero-order valence-corrected chi connectivity index (χ0v) is 18.0. The number of likely N-dealkylation sites (N-methyl/N-ethyl adjacent to an activating group) is 1. The number of phenols is 1. The summed E-state index contributed by atoms with van der Waals surface area (Å²) in [6.07, 6.45) is 8.05. The molecule has 1 aromatic heterocycles. The van der Waals surface area contributed by atoms with Gasteiger partial charge in [0.2, 0.25) is 5.96 Å². The maximum atomic E-state index is 9.82. The molecule has 1 aliphatic rings. The molecule has 1 N–H and O–H groups in total. The average Bonchev–Trinajstić information content (AvgIpc) is 3.37. The number of phenolic OH excluding ortho intramolecular Hbond substituents is 1. The lowest BCUT2D eigenvalue weighted by molar-refractivity contribution is 0.373. The van der Waals surface area contributed by atoms with Gasteiger partial charge in [-0.15, -0.1) is 0 Å². The van der Waals surface area contributed by atoms with Gasteiger partial charge in [0.05, 0.1) is 25.0 Å². The van der Waals surface area contributed by atoms with E-state index in [2.05, 4.69) is 47.2 Å². The molecule has 0 aliphatic carbocycles. The number of hydrogen-bond acceptors (Lipinski definition) is 5. The van der Waals surface area contributed by atoms with Gasteiger partial charge in [-0.2, -0.15) is 5.10 Å². The van der Waals surface area contributed by atoms with E-state index in [1.165, 1.54) is 5.56 Å². The fourth-order valence-corrected chi connectivity index (χ4v) is 3.46. The summed E-state index contributed by atoms with van der Waals surface area (Å²) in [6.45, 7) is 3.72. The molecule has 0 bridgehead atoms. The van der Waals surface area contributed by atoms with E-state index >= 15 is 0 Å². The van der Waals surface area contributed by atoms with Crippen LogP contribution in [0.25, 0.3) is 24.3 Å². The molecular formula is C25H26N4O2. The fourth-order valence-electron chi connectivity index (χ4n) is 3.46. The monoisotopic (exact) mass is 414 g/mol. The van der Waals surface area contributed by atoms with E-state index in [1.807, 2.05) is 42.1 Å². The number of aromatic hydroxyl groups is 1. The van der Waals surface area contributed by atoms with E-state index in [-0.39, 0.29) is 5.75 Å². The van der Waals surface area contributed by atoms with Crippen molar-refractivity contribution in [3.8, 4) is 11.5 Å². The standard InChI is InChI=1S/C25H26N4O2/c1-18-5-4-6-19(15-18)7-10-21-17-22(29(27-21)25-26-13-14-28(25)2)11-8-20-9-12-23(30)24(16-20)31-3/h4-12,15-17,30H,13-14H2,1-3H3/b10-7+,11-8+. The van der Waals surface area contributed by atoms with Crippen LogP contribution in [-0.2, 0) is 0 Å². The first kappa shape index (κ1) is 20.5. The third kappa shape index (κ3) is 4.69. The molecule has 0 spiro atoms. The zero-order chi connectivity index (χ0) is 21.8. The van der Waals surface area contributed by atoms with Crippen molar-refractivity contribution in [1.82, 2.24) is 14.7 Å². The molecule has 0 atom stereocenters. The number of aromatic nitrogens is 2. The van der Waals surface area contributed by atoms with E-state index in [0.717, 1.165) is 41.6 Å². The first-order valence-corrected chi connectivity index (χ1v) is 10.2. The van der Waals surface area contributed by atoms with Crippen LogP contribution < -0.4 is 4.74 Å². The number of hydrogen-bond donors (Lipinski definition) is 1. The Morgan fingerprint density at radius 3 is 2.55 bits per heavy atom. The van der Waals surface area contributed by atoms with E-state index in [9.17, 15) is 5.11 Å². The topological polar surface area (TPSA) is 62.9 Å². The number of benzene rings is 2. The van der Waals surface area contributed by atoms with Gasteiger partial charge >= 0.3 is 0 Å². The molecule has 31 heavy (non-hydrogen) atoms. The summed E-state index contributed by atoms with van der Waals surface area (Å²) >= 11 is 0. The molecule has 158 valence electrons. The average molecular weight is 415 g/mol. The van der Waals surface area contributed by atoms with E-state index in [4.69, 9.17) is 9.84 Å². The first-order chi connectivity index (χ1) is 15.0. The lowest BCUT2D eigenvalue weighted by atomic mass is 10.1. The number of rotatable bonds is 5. The van der Waals surface area contributed by atoms with Crippen LogP contribution in [0.2, 0.25) is 0 Å². The molecule has 0 amide bonds. The highest BCUT2D eigenvalue weighted by Gasteiger charge is 2.18. The molecule has 1 aliphatic heterocycles. The molecule has 3 aromatic rings. The third-order valence-corrected chi connectivity index (χ3v) is 5.11. The van der Waals surface area contributed by atoms with Crippen LogP contribution in [0.15, 0.2) is 53.5 Å². The van der Waals surface area contributed by atoms with Gasteiger partial charge in [-0.25, -0.2) is 9.67 Å². The Morgan fingerprint density at radius 1 is 1.00 bits per heavy atom. The Labute approximate surface area is 182 Å². The number of aryl methyl sites for hydroxylation is 1. The molecule has 0 radical (unpaired) electrons. The second-order valence-electron chi connectivity index (χ2n) is 7.52.